The normalized spacial score (nSPS) is 35.5. The maximum Gasteiger partial charge on any atom is 0.243 e. The molecule has 3 atom stereocenters. The Hall–Kier alpha value is -0.830. The van der Waals surface area contributed by atoms with Crippen molar-refractivity contribution in [1.82, 2.24) is 10.2 Å². The molecule has 1 N–H and O–H groups in total. The third-order valence-electron chi connectivity index (χ3n) is 5.69. The Kier molecular flexibility index (Phi) is 4.45. The summed E-state index contributed by atoms with van der Waals surface area (Å²) in [6.45, 7) is 4.66. The highest BCUT2D eigenvalue weighted by Gasteiger charge is 2.45. The van der Waals surface area contributed by atoms with Crippen molar-refractivity contribution in [3.05, 3.63) is 12.7 Å². The van der Waals surface area contributed by atoms with Crippen LogP contribution < -0.4 is 5.32 Å². The fourth-order valence-corrected chi connectivity index (χ4v) is 4.75. The number of likely N-dealkylation sites (tertiary alicyclic amines) is 1. The van der Waals surface area contributed by atoms with Crippen LogP contribution in [0, 0.1) is 5.92 Å². The lowest BCUT2D eigenvalue weighted by molar-refractivity contribution is -0.117. The highest BCUT2D eigenvalue weighted by Crippen LogP contribution is 2.40. The van der Waals surface area contributed by atoms with E-state index in [9.17, 15) is 4.79 Å². The molecule has 3 heteroatoms. The quantitative estimate of drug-likeness (QED) is 0.804. The minimum absolute atomic E-state index is 0.00446. The van der Waals surface area contributed by atoms with Crippen LogP contribution in [0.25, 0.3) is 0 Å². The average Bonchev–Trinajstić information content (AvgIpc) is 2.87. The molecule has 2 saturated carbocycles. The molecule has 0 spiro atoms. The third kappa shape index (κ3) is 2.78. The molecular weight excluding hydrogens is 248 g/mol. The van der Waals surface area contributed by atoms with Crippen LogP contribution >= 0.6 is 0 Å². The lowest BCUT2D eigenvalue weighted by atomic mass is 9.82. The van der Waals surface area contributed by atoms with E-state index in [2.05, 4.69) is 16.8 Å². The molecule has 20 heavy (non-hydrogen) atoms. The third-order valence-corrected chi connectivity index (χ3v) is 5.69. The van der Waals surface area contributed by atoms with Gasteiger partial charge in [0.25, 0.3) is 0 Å². The van der Waals surface area contributed by atoms with Crippen molar-refractivity contribution in [2.45, 2.75) is 75.9 Å². The van der Waals surface area contributed by atoms with E-state index in [1.807, 2.05) is 0 Å². The number of rotatable bonds is 3. The molecule has 0 bridgehead atoms. The van der Waals surface area contributed by atoms with E-state index in [1.165, 1.54) is 63.9 Å². The average molecular weight is 276 g/mol. The number of hydrogen-bond acceptors (Lipinski definition) is 2. The smallest absolute Gasteiger partial charge is 0.243 e. The van der Waals surface area contributed by atoms with Gasteiger partial charge in [-0.1, -0.05) is 38.7 Å². The number of fused-ring (bicyclic) bond motifs is 1. The highest BCUT2D eigenvalue weighted by atomic mass is 16.1. The zero-order valence-corrected chi connectivity index (χ0v) is 12.5. The summed E-state index contributed by atoms with van der Waals surface area (Å²) in [5.74, 6) is 0.680. The van der Waals surface area contributed by atoms with Crippen molar-refractivity contribution < 1.29 is 4.79 Å². The molecule has 3 aliphatic rings. The van der Waals surface area contributed by atoms with Crippen molar-refractivity contribution >= 4 is 5.91 Å². The Morgan fingerprint density at radius 1 is 1.05 bits per heavy atom. The molecule has 1 saturated heterocycles. The molecule has 112 valence electrons. The molecule has 1 heterocycles. The largest absolute Gasteiger partial charge is 0.348 e. The molecule has 0 aromatic heterocycles. The highest BCUT2D eigenvalue weighted by molar-refractivity contribution is 5.87. The number of nitrogens with zero attached hydrogens (tertiary/aromatic N) is 1. The van der Waals surface area contributed by atoms with Gasteiger partial charge in [-0.15, -0.1) is 0 Å². The van der Waals surface area contributed by atoms with Crippen LogP contribution in [0.2, 0.25) is 0 Å². The van der Waals surface area contributed by atoms with E-state index in [0.717, 1.165) is 18.6 Å². The van der Waals surface area contributed by atoms with E-state index in [0.29, 0.717) is 12.0 Å². The fraction of sp³-hybridized carbons (Fsp3) is 0.824. The van der Waals surface area contributed by atoms with Gasteiger partial charge in [-0.2, -0.15) is 0 Å². The second kappa shape index (κ2) is 6.30. The van der Waals surface area contributed by atoms with E-state index in [-0.39, 0.29) is 5.91 Å². The maximum atomic E-state index is 11.7. The molecule has 3 rings (SSSR count). The molecule has 3 nitrogen and oxygen atoms in total. The van der Waals surface area contributed by atoms with Gasteiger partial charge in [0.2, 0.25) is 5.91 Å². The Labute approximate surface area is 122 Å². The van der Waals surface area contributed by atoms with Gasteiger partial charge >= 0.3 is 0 Å². The Morgan fingerprint density at radius 3 is 2.50 bits per heavy atom. The molecule has 0 aromatic rings. The lowest BCUT2D eigenvalue weighted by Crippen LogP contribution is -2.42. The van der Waals surface area contributed by atoms with Gasteiger partial charge in [0, 0.05) is 24.7 Å². The van der Waals surface area contributed by atoms with E-state index in [1.54, 1.807) is 0 Å². The van der Waals surface area contributed by atoms with Crippen LogP contribution in [0.15, 0.2) is 12.7 Å². The monoisotopic (exact) mass is 276 g/mol. The van der Waals surface area contributed by atoms with Crippen molar-refractivity contribution in [2.75, 3.05) is 6.54 Å². The summed E-state index contributed by atoms with van der Waals surface area (Å²) in [5, 5.41) is 3.20. The summed E-state index contributed by atoms with van der Waals surface area (Å²) in [5.41, 5.74) is 0. The van der Waals surface area contributed by atoms with Crippen molar-refractivity contribution in [1.29, 1.82) is 0 Å². The molecular formula is C17H28N2O. The predicted molar refractivity (Wildman–Crippen MR) is 81.5 cm³/mol. The van der Waals surface area contributed by atoms with Gasteiger partial charge in [-0.3, -0.25) is 9.69 Å². The number of carbonyl (C=O) groups excluding carboxylic acids is 1. The number of nitrogens with one attached hydrogen (secondary N) is 1. The summed E-state index contributed by atoms with van der Waals surface area (Å²) in [7, 11) is 0. The molecule has 1 aliphatic heterocycles. The van der Waals surface area contributed by atoms with Crippen LogP contribution in [-0.2, 0) is 4.79 Å². The first-order chi connectivity index (χ1) is 9.79. The maximum absolute atomic E-state index is 11.7. The second-order valence-electron chi connectivity index (χ2n) is 6.82. The number of amides is 1. The summed E-state index contributed by atoms with van der Waals surface area (Å²) >= 11 is 0. The van der Waals surface area contributed by atoms with Gasteiger partial charge in [0.15, 0.2) is 0 Å². The zero-order valence-electron chi connectivity index (χ0n) is 12.5. The molecule has 0 aromatic carbocycles. The van der Waals surface area contributed by atoms with Crippen LogP contribution in [0.4, 0.5) is 0 Å². The number of hydrogen-bond donors (Lipinski definition) is 1. The Balaban J connectivity index is 1.70. The van der Waals surface area contributed by atoms with Crippen LogP contribution in [-0.4, -0.2) is 35.5 Å². The summed E-state index contributed by atoms with van der Waals surface area (Å²) in [6.07, 6.45) is 13.7. The van der Waals surface area contributed by atoms with Gasteiger partial charge in [-0.05, 0) is 37.7 Å². The van der Waals surface area contributed by atoms with E-state index in [4.69, 9.17) is 0 Å². The molecule has 2 aliphatic carbocycles. The molecule has 1 amide bonds. The van der Waals surface area contributed by atoms with Gasteiger partial charge in [-0.25, -0.2) is 0 Å². The Morgan fingerprint density at radius 2 is 1.75 bits per heavy atom. The zero-order chi connectivity index (χ0) is 13.9. The summed E-state index contributed by atoms with van der Waals surface area (Å²) in [6, 6.07) is 1.86. The predicted octanol–water partition coefficient (Wildman–Crippen LogP) is 2.86. The Bertz CT molecular complexity index is 362. The first-order valence-corrected chi connectivity index (χ1v) is 8.48. The van der Waals surface area contributed by atoms with Crippen molar-refractivity contribution in [2.24, 2.45) is 5.92 Å². The van der Waals surface area contributed by atoms with Gasteiger partial charge < -0.3 is 5.32 Å². The van der Waals surface area contributed by atoms with Crippen molar-refractivity contribution in [3.63, 3.8) is 0 Å². The van der Waals surface area contributed by atoms with E-state index < -0.39 is 0 Å². The molecule has 3 fully saturated rings. The van der Waals surface area contributed by atoms with Crippen LogP contribution in [0.5, 0.6) is 0 Å². The van der Waals surface area contributed by atoms with Crippen molar-refractivity contribution in [3.8, 4) is 0 Å². The van der Waals surface area contributed by atoms with Gasteiger partial charge in [0.1, 0.15) is 0 Å². The summed E-state index contributed by atoms with van der Waals surface area (Å²) in [4.78, 5) is 14.4. The molecule has 0 radical (unpaired) electrons. The van der Waals surface area contributed by atoms with Crippen LogP contribution in [0.3, 0.4) is 0 Å². The summed E-state index contributed by atoms with van der Waals surface area (Å²) < 4.78 is 0. The molecule has 3 unspecified atom stereocenters. The topological polar surface area (TPSA) is 32.3 Å². The SMILES string of the molecule is C=CC(=O)NC1CN(C2CCCCC2)C2CCCCC12. The lowest BCUT2D eigenvalue weighted by Gasteiger charge is -2.38. The van der Waals surface area contributed by atoms with E-state index >= 15 is 0 Å². The number of carbonyl (C=O) groups is 1. The van der Waals surface area contributed by atoms with Crippen LogP contribution in [0.1, 0.15) is 57.8 Å². The first-order valence-electron chi connectivity index (χ1n) is 8.48. The van der Waals surface area contributed by atoms with Gasteiger partial charge in [0.05, 0.1) is 0 Å². The minimum Gasteiger partial charge on any atom is -0.348 e. The standard InChI is InChI=1S/C17H28N2O/c1-2-17(20)18-15-12-19(13-8-4-3-5-9-13)16-11-7-6-10-14(15)16/h2,13-16H,1,3-12H2,(H,18,20). The fourth-order valence-electron chi connectivity index (χ4n) is 4.75. The minimum atomic E-state index is 0.00446. The second-order valence-corrected chi connectivity index (χ2v) is 6.82. The first kappa shape index (κ1) is 14.1.